The van der Waals surface area contributed by atoms with Gasteiger partial charge in [-0.15, -0.1) is 0 Å². The topological polar surface area (TPSA) is 26.3 Å². The van der Waals surface area contributed by atoms with Gasteiger partial charge in [-0.2, -0.15) is 0 Å². The predicted molar refractivity (Wildman–Crippen MR) is 188 cm³/mol. The second kappa shape index (κ2) is 29.2. The smallest absolute Gasteiger partial charge is 0.309 e. The number of unbranched alkanes of at least 4 members (excludes halogenated alkanes) is 16. The van der Waals surface area contributed by atoms with Crippen LogP contribution in [-0.4, -0.2) is 12.1 Å². The van der Waals surface area contributed by atoms with Crippen molar-refractivity contribution in [1.82, 2.24) is 0 Å². The van der Waals surface area contributed by atoms with Gasteiger partial charge in [0.1, 0.15) is 6.10 Å². The molecule has 0 heterocycles. The number of hydrogen-bond donors (Lipinski definition) is 0. The molecule has 3 atom stereocenters. The van der Waals surface area contributed by atoms with Crippen LogP contribution in [0.1, 0.15) is 228 Å². The van der Waals surface area contributed by atoms with Gasteiger partial charge in [-0.3, -0.25) is 4.79 Å². The van der Waals surface area contributed by atoms with Crippen LogP contribution in [0.5, 0.6) is 0 Å². The molecule has 0 saturated carbocycles. The Morgan fingerprint density at radius 2 is 0.905 bits per heavy atom. The summed E-state index contributed by atoms with van der Waals surface area (Å²) in [5, 5.41) is 0. The molecule has 0 radical (unpaired) electrons. The molecule has 2 heteroatoms. The van der Waals surface area contributed by atoms with Gasteiger partial charge in [-0.1, -0.05) is 183 Å². The lowest BCUT2D eigenvalue weighted by Crippen LogP contribution is -2.44. The zero-order valence-corrected chi connectivity index (χ0v) is 30.3. The van der Waals surface area contributed by atoms with E-state index in [1.807, 2.05) is 0 Å². The zero-order chi connectivity index (χ0) is 31.3. The van der Waals surface area contributed by atoms with E-state index in [4.69, 9.17) is 4.74 Å². The summed E-state index contributed by atoms with van der Waals surface area (Å²) in [5.74, 6) is 0.887. The largest absolute Gasteiger partial charge is 0.462 e. The van der Waals surface area contributed by atoms with Crippen molar-refractivity contribution in [3.8, 4) is 0 Å². The van der Waals surface area contributed by atoms with Crippen LogP contribution in [0.15, 0.2) is 0 Å². The molecular weight excluding hydrogens is 512 g/mol. The van der Waals surface area contributed by atoms with Gasteiger partial charge < -0.3 is 4.74 Å². The van der Waals surface area contributed by atoms with Crippen molar-refractivity contribution in [2.45, 2.75) is 234 Å². The van der Waals surface area contributed by atoms with E-state index in [0.29, 0.717) is 5.92 Å². The maximum absolute atomic E-state index is 14.5. The summed E-state index contributed by atoms with van der Waals surface area (Å²) < 4.78 is 6.55. The fourth-order valence-corrected chi connectivity index (χ4v) is 7.61. The second-order valence-electron chi connectivity index (χ2n) is 13.9. The predicted octanol–water partition coefficient (Wildman–Crippen LogP) is 14.2. The van der Waals surface area contributed by atoms with Crippen molar-refractivity contribution in [2.24, 2.45) is 17.3 Å². The minimum atomic E-state index is 0.0721. The standard InChI is InChI=1S/C40H80O2/c1-8-15-20-23-24-25-26-28-33-38(39(41)42-37(14-7)32-27-18-11-4)40(34-29-21-16-9-2,35-30-22-17-10-3)36(13-6)31-19-12-5/h36-38H,8-35H2,1-7H3. The molecular formula is C40H80O2. The molecule has 0 aromatic carbocycles. The Morgan fingerprint density at radius 3 is 1.38 bits per heavy atom. The van der Waals surface area contributed by atoms with E-state index >= 15 is 0 Å². The Hall–Kier alpha value is -0.530. The van der Waals surface area contributed by atoms with Gasteiger partial charge in [0.2, 0.25) is 0 Å². The fourth-order valence-electron chi connectivity index (χ4n) is 7.61. The molecule has 0 amide bonds. The van der Waals surface area contributed by atoms with Gasteiger partial charge in [0, 0.05) is 0 Å². The third-order valence-electron chi connectivity index (χ3n) is 10.4. The number of esters is 1. The number of carbonyl (C=O) groups is 1. The molecule has 0 N–H and O–H groups in total. The maximum atomic E-state index is 14.5. The van der Waals surface area contributed by atoms with E-state index in [-0.39, 0.29) is 23.4 Å². The normalized spacial score (nSPS) is 14.2. The molecule has 42 heavy (non-hydrogen) atoms. The highest BCUT2D eigenvalue weighted by Gasteiger charge is 2.47. The van der Waals surface area contributed by atoms with Crippen molar-refractivity contribution in [3.05, 3.63) is 0 Å². The summed E-state index contributed by atoms with van der Waals surface area (Å²) in [4.78, 5) is 14.5. The van der Waals surface area contributed by atoms with Crippen molar-refractivity contribution < 1.29 is 9.53 Å². The third kappa shape index (κ3) is 18.3. The molecule has 0 aliphatic rings. The van der Waals surface area contributed by atoms with Gasteiger partial charge in [-0.25, -0.2) is 0 Å². The van der Waals surface area contributed by atoms with Crippen molar-refractivity contribution >= 4 is 5.97 Å². The Kier molecular flexibility index (Phi) is 28.8. The van der Waals surface area contributed by atoms with Crippen LogP contribution in [0.25, 0.3) is 0 Å². The number of hydrogen-bond acceptors (Lipinski definition) is 2. The van der Waals surface area contributed by atoms with Crippen LogP contribution in [0.2, 0.25) is 0 Å². The average Bonchev–Trinajstić information content (AvgIpc) is 3.00. The van der Waals surface area contributed by atoms with E-state index in [9.17, 15) is 4.79 Å². The summed E-state index contributed by atoms with van der Waals surface area (Å²) in [6.07, 6.45) is 35.2. The average molecular weight is 593 g/mol. The molecule has 0 aromatic rings. The Balaban J connectivity index is 6.21. The molecule has 0 aliphatic carbocycles. The van der Waals surface area contributed by atoms with Gasteiger partial charge in [0.05, 0.1) is 5.92 Å². The summed E-state index contributed by atoms with van der Waals surface area (Å²) >= 11 is 0. The first-order chi connectivity index (χ1) is 20.5. The number of rotatable bonds is 32. The third-order valence-corrected chi connectivity index (χ3v) is 10.4. The molecule has 2 nitrogen and oxygen atoms in total. The van der Waals surface area contributed by atoms with Gasteiger partial charge in [0.25, 0.3) is 0 Å². The maximum Gasteiger partial charge on any atom is 0.309 e. The van der Waals surface area contributed by atoms with E-state index < -0.39 is 0 Å². The monoisotopic (exact) mass is 593 g/mol. The molecule has 0 spiro atoms. The van der Waals surface area contributed by atoms with Crippen LogP contribution in [0.4, 0.5) is 0 Å². The highest BCUT2D eigenvalue weighted by molar-refractivity contribution is 5.73. The van der Waals surface area contributed by atoms with E-state index in [0.717, 1.165) is 19.3 Å². The molecule has 0 fully saturated rings. The van der Waals surface area contributed by atoms with E-state index in [1.54, 1.807) is 0 Å². The highest BCUT2D eigenvalue weighted by atomic mass is 16.5. The summed E-state index contributed by atoms with van der Waals surface area (Å²) in [6, 6.07) is 0. The van der Waals surface area contributed by atoms with Crippen molar-refractivity contribution in [1.29, 1.82) is 0 Å². The van der Waals surface area contributed by atoms with Gasteiger partial charge in [0.15, 0.2) is 0 Å². The lowest BCUT2D eigenvalue weighted by atomic mass is 9.58. The second-order valence-corrected chi connectivity index (χ2v) is 13.9. The van der Waals surface area contributed by atoms with E-state index in [1.165, 1.54) is 161 Å². The number of ether oxygens (including phenoxy) is 1. The molecule has 3 unspecified atom stereocenters. The van der Waals surface area contributed by atoms with Crippen LogP contribution in [-0.2, 0) is 9.53 Å². The lowest BCUT2D eigenvalue weighted by Gasteiger charge is -2.47. The minimum Gasteiger partial charge on any atom is -0.462 e. The van der Waals surface area contributed by atoms with Gasteiger partial charge in [-0.05, 0) is 56.3 Å². The number of carbonyl (C=O) groups excluding carboxylic acids is 1. The van der Waals surface area contributed by atoms with Crippen molar-refractivity contribution in [3.63, 3.8) is 0 Å². The van der Waals surface area contributed by atoms with Crippen LogP contribution >= 0.6 is 0 Å². The Morgan fingerprint density at radius 1 is 0.476 bits per heavy atom. The van der Waals surface area contributed by atoms with Crippen LogP contribution in [0, 0.1) is 17.3 Å². The first-order valence-corrected chi connectivity index (χ1v) is 19.7. The fraction of sp³-hybridized carbons (Fsp3) is 0.975. The quantitative estimate of drug-likeness (QED) is 0.0573. The highest BCUT2D eigenvalue weighted by Crippen LogP contribution is 2.51. The summed E-state index contributed by atoms with van der Waals surface area (Å²) in [5.41, 5.74) is 0.103. The molecule has 0 aromatic heterocycles. The van der Waals surface area contributed by atoms with Crippen LogP contribution < -0.4 is 0 Å². The zero-order valence-electron chi connectivity index (χ0n) is 30.3. The summed E-state index contributed by atoms with van der Waals surface area (Å²) in [7, 11) is 0. The van der Waals surface area contributed by atoms with Crippen molar-refractivity contribution in [2.75, 3.05) is 0 Å². The SMILES string of the molecule is CCCCCCCCCCC(C(=O)OC(CC)CCCCC)C(CCCCCC)(CCCCCC)C(CC)CCCC. The van der Waals surface area contributed by atoms with E-state index in [2.05, 4.69) is 48.5 Å². The summed E-state index contributed by atoms with van der Waals surface area (Å²) in [6.45, 7) is 16.2. The first-order valence-electron chi connectivity index (χ1n) is 19.7. The Bertz CT molecular complexity index is 558. The van der Waals surface area contributed by atoms with Crippen LogP contribution in [0.3, 0.4) is 0 Å². The Labute approximate surface area is 266 Å². The molecule has 0 bridgehead atoms. The molecule has 0 aliphatic heterocycles. The van der Waals surface area contributed by atoms with Gasteiger partial charge >= 0.3 is 5.97 Å². The minimum absolute atomic E-state index is 0.0721. The molecule has 0 saturated heterocycles. The lowest BCUT2D eigenvalue weighted by molar-refractivity contribution is -0.164. The molecule has 252 valence electrons. The first kappa shape index (κ1) is 41.5. The molecule has 0 rings (SSSR count).